The van der Waals surface area contributed by atoms with Gasteiger partial charge in [0, 0.05) is 21.3 Å². The monoisotopic (exact) mass is 351 g/mol. The molecule has 2 nitrogen and oxygen atoms in total. The van der Waals surface area contributed by atoms with Crippen LogP contribution in [-0.4, -0.2) is 11.2 Å². The molecule has 3 rings (SSSR count). The number of aryl methyl sites for hydroxylation is 1. The highest BCUT2D eigenvalue weighted by molar-refractivity contribution is 8.01. The molecular formula is C17H15Cl2NOS. The Labute approximate surface area is 144 Å². The summed E-state index contributed by atoms with van der Waals surface area (Å²) in [6.07, 6.45) is 0. The van der Waals surface area contributed by atoms with Crippen molar-refractivity contribution < 1.29 is 4.79 Å². The number of thioether (sulfide) groups is 1. The number of anilines is 1. The third-order valence-electron chi connectivity index (χ3n) is 3.66. The Morgan fingerprint density at radius 2 is 1.91 bits per heavy atom. The molecule has 2 unspecified atom stereocenters. The van der Waals surface area contributed by atoms with Crippen LogP contribution in [0.25, 0.3) is 0 Å². The summed E-state index contributed by atoms with van der Waals surface area (Å²) < 4.78 is 0. The average Bonchev–Trinajstić information content (AvgIpc) is 2.74. The number of benzene rings is 2. The van der Waals surface area contributed by atoms with E-state index in [-0.39, 0.29) is 16.5 Å². The first-order chi connectivity index (χ1) is 10.5. The molecule has 0 N–H and O–H groups in total. The number of amides is 1. The van der Waals surface area contributed by atoms with Crippen molar-refractivity contribution in [3.05, 3.63) is 63.6 Å². The van der Waals surface area contributed by atoms with Gasteiger partial charge in [-0.05, 0) is 43.7 Å². The second-order valence-corrected chi connectivity index (χ2v) is 7.61. The van der Waals surface area contributed by atoms with Crippen LogP contribution in [0.15, 0.2) is 42.5 Å². The summed E-state index contributed by atoms with van der Waals surface area (Å²) in [5.74, 6) is 0.103. The van der Waals surface area contributed by atoms with Crippen molar-refractivity contribution >= 4 is 46.6 Å². The minimum absolute atomic E-state index is 0.0998. The minimum atomic E-state index is -0.130. The van der Waals surface area contributed by atoms with E-state index in [1.807, 2.05) is 55.1 Å². The smallest absolute Gasteiger partial charge is 0.241 e. The molecule has 0 saturated carbocycles. The SMILES string of the molecule is Cc1cccc(N2C(=O)C(C)SC2c2ccc(Cl)cc2Cl)c1. The fraction of sp³-hybridized carbons (Fsp3) is 0.235. The number of hydrogen-bond donors (Lipinski definition) is 0. The first-order valence-electron chi connectivity index (χ1n) is 6.97. The van der Waals surface area contributed by atoms with Crippen LogP contribution in [0, 0.1) is 6.92 Å². The lowest BCUT2D eigenvalue weighted by molar-refractivity contribution is -0.117. The van der Waals surface area contributed by atoms with Crippen molar-refractivity contribution in [2.75, 3.05) is 4.90 Å². The maximum atomic E-state index is 12.6. The van der Waals surface area contributed by atoms with Crippen LogP contribution < -0.4 is 4.90 Å². The third-order valence-corrected chi connectivity index (χ3v) is 5.56. The number of halogens is 2. The van der Waals surface area contributed by atoms with Crippen LogP contribution in [0.5, 0.6) is 0 Å². The van der Waals surface area contributed by atoms with E-state index in [4.69, 9.17) is 23.2 Å². The minimum Gasteiger partial charge on any atom is -0.295 e. The molecule has 1 aliphatic rings. The van der Waals surface area contributed by atoms with Gasteiger partial charge in [-0.2, -0.15) is 0 Å². The van der Waals surface area contributed by atoms with Crippen molar-refractivity contribution in [1.29, 1.82) is 0 Å². The molecule has 0 bridgehead atoms. The molecule has 22 heavy (non-hydrogen) atoms. The standard InChI is InChI=1S/C17H15Cl2NOS/c1-10-4-3-5-13(8-10)20-16(21)11(2)22-17(20)14-7-6-12(18)9-15(14)19/h3-9,11,17H,1-2H3. The number of carbonyl (C=O) groups is 1. The third kappa shape index (κ3) is 2.85. The summed E-state index contributed by atoms with van der Waals surface area (Å²) in [7, 11) is 0. The molecule has 114 valence electrons. The molecule has 2 aromatic rings. The summed E-state index contributed by atoms with van der Waals surface area (Å²) in [6, 6.07) is 13.4. The van der Waals surface area contributed by atoms with Gasteiger partial charge in [0.25, 0.3) is 0 Å². The second kappa shape index (κ2) is 6.15. The number of rotatable bonds is 2. The van der Waals surface area contributed by atoms with Crippen LogP contribution in [0.2, 0.25) is 10.0 Å². The van der Waals surface area contributed by atoms with E-state index in [0.717, 1.165) is 16.8 Å². The normalized spacial score (nSPS) is 21.5. The number of nitrogens with zero attached hydrogens (tertiary/aromatic N) is 1. The van der Waals surface area contributed by atoms with E-state index < -0.39 is 0 Å². The summed E-state index contributed by atoms with van der Waals surface area (Å²) in [6.45, 7) is 3.95. The van der Waals surface area contributed by atoms with Gasteiger partial charge in [0.05, 0.1) is 5.25 Å². The molecular weight excluding hydrogens is 337 g/mol. The van der Waals surface area contributed by atoms with Gasteiger partial charge in [0.2, 0.25) is 5.91 Å². The zero-order chi connectivity index (χ0) is 15.9. The van der Waals surface area contributed by atoms with Gasteiger partial charge in [-0.3, -0.25) is 9.69 Å². The maximum Gasteiger partial charge on any atom is 0.241 e. The summed E-state index contributed by atoms with van der Waals surface area (Å²) in [4.78, 5) is 14.4. The van der Waals surface area contributed by atoms with Crippen molar-refractivity contribution in [2.24, 2.45) is 0 Å². The van der Waals surface area contributed by atoms with Gasteiger partial charge in [-0.1, -0.05) is 41.4 Å². The molecule has 0 aromatic heterocycles. The Kier molecular flexibility index (Phi) is 4.40. The van der Waals surface area contributed by atoms with Crippen molar-refractivity contribution in [1.82, 2.24) is 0 Å². The molecule has 1 heterocycles. The predicted molar refractivity (Wildman–Crippen MR) is 94.9 cm³/mol. The van der Waals surface area contributed by atoms with E-state index in [1.54, 1.807) is 17.8 Å². The average molecular weight is 352 g/mol. The quantitative estimate of drug-likeness (QED) is 0.714. The highest BCUT2D eigenvalue weighted by Crippen LogP contribution is 2.47. The fourth-order valence-corrected chi connectivity index (χ4v) is 4.47. The maximum absolute atomic E-state index is 12.6. The van der Waals surface area contributed by atoms with Crippen molar-refractivity contribution in [3.8, 4) is 0 Å². The van der Waals surface area contributed by atoms with Gasteiger partial charge in [0.15, 0.2) is 0 Å². The summed E-state index contributed by atoms with van der Waals surface area (Å²) in [5.41, 5.74) is 2.93. The molecule has 1 saturated heterocycles. The lowest BCUT2D eigenvalue weighted by atomic mass is 10.1. The number of carbonyl (C=O) groups excluding carboxylic acids is 1. The molecule has 0 spiro atoms. The lowest BCUT2D eigenvalue weighted by Crippen LogP contribution is -2.30. The Bertz CT molecular complexity index is 734. The van der Waals surface area contributed by atoms with Crippen LogP contribution in [-0.2, 0) is 4.79 Å². The van der Waals surface area contributed by atoms with Crippen LogP contribution in [0.4, 0.5) is 5.69 Å². The Morgan fingerprint density at radius 1 is 1.14 bits per heavy atom. The van der Waals surface area contributed by atoms with Crippen LogP contribution in [0.3, 0.4) is 0 Å². The van der Waals surface area contributed by atoms with E-state index >= 15 is 0 Å². The zero-order valence-electron chi connectivity index (χ0n) is 12.2. The fourth-order valence-electron chi connectivity index (χ4n) is 2.58. The molecule has 1 aliphatic heterocycles. The molecule has 2 aromatic carbocycles. The largest absolute Gasteiger partial charge is 0.295 e. The van der Waals surface area contributed by atoms with Gasteiger partial charge >= 0.3 is 0 Å². The molecule has 2 atom stereocenters. The van der Waals surface area contributed by atoms with Gasteiger partial charge < -0.3 is 0 Å². The van der Waals surface area contributed by atoms with Gasteiger partial charge in [-0.25, -0.2) is 0 Å². The van der Waals surface area contributed by atoms with Crippen molar-refractivity contribution in [2.45, 2.75) is 24.5 Å². The van der Waals surface area contributed by atoms with E-state index in [0.29, 0.717) is 10.0 Å². The Balaban J connectivity index is 2.07. The van der Waals surface area contributed by atoms with Crippen molar-refractivity contribution in [3.63, 3.8) is 0 Å². The van der Waals surface area contributed by atoms with Crippen LogP contribution >= 0.6 is 35.0 Å². The predicted octanol–water partition coefficient (Wildman–Crippen LogP) is 5.47. The highest BCUT2D eigenvalue weighted by Gasteiger charge is 2.40. The molecule has 0 aliphatic carbocycles. The summed E-state index contributed by atoms with van der Waals surface area (Å²) >= 11 is 13.9. The Hall–Kier alpha value is -1.16. The first kappa shape index (κ1) is 15.7. The van der Waals surface area contributed by atoms with E-state index in [2.05, 4.69) is 0 Å². The topological polar surface area (TPSA) is 20.3 Å². The van der Waals surface area contributed by atoms with E-state index in [1.165, 1.54) is 0 Å². The first-order valence-corrected chi connectivity index (χ1v) is 8.67. The van der Waals surface area contributed by atoms with Crippen LogP contribution in [0.1, 0.15) is 23.4 Å². The molecule has 0 radical (unpaired) electrons. The summed E-state index contributed by atoms with van der Waals surface area (Å²) in [5, 5.41) is 0.953. The second-order valence-electron chi connectivity index (χ2n) is 5.34. The highest BCUT2D eigenvalue weighted by atomic mass is 35.5. The molecule has 5 heteroatoms. The number of hydrogen-bond acceptors (Lipinski definition) is 2. The zero-order valence-corrected chi connectivity index (χ0v) is 14.5. The molecule has 1 amide bonds. The Morgan fingerprint density at radius 3 is 2.59 bits per heavy atom. The lowest BCUT2D eigenvalue weighted by Gasteiger charge is -2.25. The molecule has 1 fully saturated rings. The van der Waals surface area contributed by atoms with Gasteiger partial charge in [-0.15, -0.1) is 11.8 Å². The van der Waals surface area contributed by atoms with E-state index in [9.17, 15) is 4.79 Å². The van der Waals surface area contributed by atoms with Gasteiger partial charge in [0.1, 0.15) is 5.37 Å².